The maximum absolute atomic E-state index is 11.5. The van der Waals surface area contributed by atoms with E-state index in [1.165, 1.54) is 0 Å². The molecule has 0 aliphatic heterocycles. The number of thiocarbonyl (C=S) groups is 1. The summed E-state index contributed by atoms with van der Waals surface area (Å²) < 4.78 is 6.21. The highest BCUT2D eigenvalue weighted by atomic mass is 79.9. The fourth-order valence-corrected chi connectivity index (χ4v) is 1.85. The molecule has 8 heteroatoms. The van der Waals surface area contributed by atoms with Crippen molar-refractivity contribution in [3.8, 4) is 5.75 Å². The van der Waals surface area contributed by atoms with Gasteiger partial charge >= 0.3 is 0 Å². The molecule has 2 rings (SSSR count). The first-order chi connectivity index (χ1) is 10.0. The van der Waals surface area contributed by atoms with Gasteiger partial charge in [0.1, 0.15) is 5.75 Å². The third-order valence-electron chi connectivity index (χ3n) is 2.68. The maximum Gasteiger partial charge on any atom is 0.276 e. The molecular weight excluding hydrogens is 358 g/mol. The molecule has 0 saturated heterocycles. The normalized spacial score (nSPS) is 13.2. The monoisotopic (exact) mass is 371 g/mol. The number of ether oxygens (including phenoxy) is 1. The van der Waals surface area contributed by atoms with E-state index >= 15 is 0 Å². The lowest BCUT2D eigenvalue weighted by molar-refractivity contribution is -0.124. The highest BCUT2D eigenvalue weighted by molar-refractivity contribution is 9.10. The molecule has 2 amide bonds. The van der Waals surface area contributed by atoms with Crippen molar-refractivity contribution >= 4 is 45.1 Å². The Labute approximate surface area is 135 Å². The van der Waals surface area contributed by atoms with Crippen LogP contribution in [0, 0.1) is 5.92 Å². The van der Waals surface area contributed by atoms with Crippen molar-refractivity contribution in [1.29, 1.82) is 0 Å². The summed E-state index contributed by atoms with van der Waals surface area (Å²) in [6.45, 7) is -0.159. The van der Waals surface area contributed by atoms with E-state index in [2.05, 4.69) is 32.1 Å². The second kappa shape index (κ2) is 7.37. The zero-order chi connectivity index (χ0) is 15.2. The molecule has 21 heavy (non-hydrogen) atoms. The maximum atomic E-state index is 11.5. The van der Waals surface area contributed by atoms with E-state index in [4.69, 9.17) is 17.0 Å². The van der Waals surface area contributed by atoms with Crippen molar-refractivity contribution in [2.45, 2.75) is 12.8 Å². The topological polar surface area (TPSA) is 79.5 Å². The van der Waals surface area contributed by atoms with Crippen LogP contribution in [0.15, 0.2) is 28.7 Å². The molecule has 1 fully saturated rings. The second-order valence-corrected chi connectivity index (χ2v) is 5.83. The Morgan fingerprint density at radius 2 is 1.90 bits per heavy atom. The molecular formula is C13H14BrN3O3S. The zero-order valence-electron chi connectivity index (χ0n) is 11.0. The number of hydrogen-bond acceptors (Lipinski definition) is 4. The highest BCUT2D eigenvalue weighted by Crippen LogP contribution is 2.28. The molecule has 3 N–H and O–H groups in total. The molecule has 1 aromatic carbocycles. The lowest BCUT2D eigenvalue weighted by Gasteiger charge is -2.11. The van der Waals surface area contributed by atoms with Gasteiger partial charge in [-0.3, -0.25) is 20.4 Å². The van der Waals surface area contributed by atoms with Crippen LogP contribution >= 0.6 is 28.1 Å². The van der Waals surface area contributed by atoms with Crippen LogP contribution in [0.4, 0.5) is 0 Å². The summed E-state index contributed by atoms with van der Waals surface area (Å²) >= 11 is 8.19. The Hall–Kier alpha value is -1.67. The number of carbonyl (C=O) groups is 2. The average Bonchev–Trinajstić information content (AvgIpc) is 3.29. The van der Waals surface area contributed by atoms with Crippen molar-refractivity contribution < 1.29 is 14.3 Å². The second-order valence-electron chi connectivity index (χ2n) is 4.51. The highest BCUT2D eigenvalue weighted by Gasteiger charge is 2.30. The average molecular weight is 372 g/mol. The number of rotatable bonds is 4. The minimum absolute atomic E-state index is 0.0567. The Bertz CT molecular complexity index is 546. The summed E-state index contributed by atoms with van der Waals surface area (Å²) in [6.07, 6.45) is 1.78. The van der Waals surface area contributed by atoms with Crippen LogP contribution in [0.3, 0.4) is 0 Å². The van der Waals surface area contributed by atoms with Gasteiger partial charge in [0.05, 0.1) is 0 Å². The van der Waals surface area contributed by atoms with Crippen molar-refractivity contribution in [3.63, 3.8) is 0 Å². The molecule has 0 spiro atoms. The summed E-state index contributed by atoms with van der Waals surface area (Å²) in [6, 6.07) is 7.11. The van der Waals surface area contributed by atoms with Crippen LogP contribution in [0.25, 0.3) is 0 Å². The SMILES string of the molecule is O=C(COc1ccc(Br)cc1)NNC(=S)NC(=O)C1CC1. The van der Waals surface area contributed by atoms with Crippen LogP contribution in [-0.4, -0.2) is 23.5 Å². The minimum atomic E-state index is -0.402. The van der Waals surface area contributed by atoms with Gasteiger partial charge in [0, 0.05) is 10.4 Å². The van der Waals surface area contributed by atoms with Crippen molar-refractivity contribution in [1.82, 2.24) is 16.2 Å². The summed E-state index contributed by atoms with van der Waals surface area (Å²) in [7, 11) is 0. The first-order valence-corrected chi connectivity index (χ1v) is 7.53. The van der Waals surface area contributed by atoms with E-state index in [1.54, 1.807) is 12.1 Å². The number of halogens is 1. The summed E-state index contributed by atoms with van der Waals surface area (Å²) in [5, 5.41) is 2.57. The molecule has 0 heterocycles. The van der Waals surface area contributed by atoms with Crippen LogP contribution in [0.1, 0.15) is 12.8 Å². The number of nitrogens with one attached hydrogen (secondary N) is 3. The molecule has 0 radical (unpaired) electrons. The van der Waals surface area contributed by atoms with E-state index in [0.717, 1.165) is 17.3 Å². The van der Waals surface area contributed by atoms with Crippen LogP contribution in [0.2, 0.25) is 0 Å². The molecule has 112 valence electrons. The Morgan fingerprint density at radius 3 is 2.52 bits per heavy atom. The summed E-state index contributed by atoms with van der Waals surface area (Å²) in [5.41, 5.74) is 4.80. The standard InChI is InChI=1S/C13H14BrN3O3S/c14-9-3-5-10(6-4-9)20-7-11(18)16-17-13(21)15-12(19)8-1-2-8/h3-6,8H,1-2,7H2,(H,16,18)(H2,15,17,19,21). The molecule has 1 aromatic rings. The fourth-order valence-electron chi connectivity index (χ4n) is 1.43. The van der Waals surface area contributed by atoms with E-state index in [0.29, 0.717) is 5.75 Å². The van der Waals surface area contributed by atoms with Gasteiger partial charge in [0.15, 0.2) is 11.7 Å². The van der Waals surface area contributed by atoms with Gasteiger partial charge in [0.2, 0.25) is 5.91 Å². The predicted molar refractivity (Wildman–Crippen MR) is 84.4 cm³/mol. The van der Waals surface area contributed by atoms with Gasteiger partial charge in [-0.05, 0) is 49.3 Å². The Kier molecular flexibility index (Phi) is 5.51. The molecule has 0 unspecified atom stereocenters. The van der Waals surface area contributed by atoms with Crippen molar-refractivity contribution in [3.05, 3.63) is 28.7 Å². The molecule has 1 saturated carbocycles. The summed E-state index contributed by atoms with van der Waals surface area (Å²) in [5.74, 6) is 0.118. The molecule has 0 atom stereocenters. The van der Waals surface area contributed by atoms with Gasteiger partial charge in [-0.2, -0.15) is 0 Å². The zero-order valence-corrected chi connectivity index (χ0v) is 13.4. The number of hydrazine groups is 1. The molecule has 0 aromatic heterocycles. The third kappa shape index (κ3) is 5.68. The van der Waals surface area contributed by atoms with E-state index in [9.17, 15) is 9.59 Å². The number of carbonyl (C=O) groups excluding carboxylic acids is 2. The molecule has 1 aliphatic carbocycles. The lowest BCUT2D eigenvalue weighted by Crippen LogP contribution is -2.50. The van der Waals surface area contributed by atoms with Crippen molar-refractivity contribution in [2.75, 3.05) is 6.61 Å². The van der Waals surface area contributed by atoms with Crippen LogP contribution < -0.4 is 20.9 Å². The number of hydrogen-bond donors (Lipinski definition) is 3. The van der Waals surface area contributed by atoms with Gasteiger partial charge in [-0.1, -0.05) is 15.9 Å². The summed E-state index contributed by atoms with van der Waals surface area (Å²) in [4.78, 5) is 23.0. The van der Waals surface area contributed by atoms with Crippen LogP contribution in [0.5, 0.6) is 5.75 Å². The fraction of sp³-hybridized carbons (Fsp3) is 0.308. The van der Waals surface area contributed by atoms with E-state index in [-0.39, 0.29) is 23.5 Å². The third-order valence-corrected chi connectivity index (χ3v) is 3.42. The smallest absolute Gasteiger partial charge is 0.276 e. The van der Waals surface area contributed by atoms with E-state index in [1.807, 2.05) is 12.1 Å². The molecule has 1 aliphatic rings. The first kappa shape index (κ1) is 15.7. The molecule has 6 nitrogen and oxygen atoms in total. The Morgan fingerprint density at radius 1 is 1.24 bits per heavy atom. The minimum Gasteiger partial charge on any atom is -0.484 e. The lowest BCUT2D eigenvalue weighted by atomic mass is 10.3. The number of amides is 2. The van der Waals surface area contributed by atoms with Gasteiger partial charge in [0.25, 0.3) is 5.91 Å². The first-order valence-electron chi connectivity index (χ1n) is 6.32. The van der Waals surface area contributed by atoms with Gasteiger partial charge in [-0.15, -0.1) is 0 Å². The number of benzene rings is 1. The largest absolute Gasteiger partial charge is 0.484 e. The van der Waals surface area contributed by atoms with Crippen LogP contribution in [-0.2, 0) is 9.59 Å². The van der Waals surface area contributed by atoms with Crippen molar-refractivity contribution in [2.24, 2.45) is 5.92 Å². The molecule has 0 bridgehead atoms. The quantitative estimate of drug-likeness (QED) is 0.548. The van der Waals surface area contributed by atoms with E-state index < -0.39 is 5.91 Å². The predicted octanol–water partition coefficient (Wildman–Crippen LogP) is 1.26. The Balaban J connectivity index is 1.63. The van der Waals surface area contributed by atoms with Gasteiger partial charge < -0.3 is 10.1 Å². The van der Waals surface area contributed by atoms with Gasteiger partial charge in [-0.25, -0.2) is 0 Å².